The number of rotatable bonds is 5. The van der Waals surface area contributed by atoms with Gasteiger partial charge in [-0.3, -0.25) is 10.1 Å². The average Bonchev–Trinajstić information content (AvgIpc) is 3.34. The van der Waals surface area contributed by atoms with Gasteiger partial charge in [-0.05, 0) is 48.2 Å². The van der Waals surface area contributed by atoms with Gasteiger partial charge < -0.3 is 9.64 Å². The molecule has 1 saturated heterocycles. The first-order valence-electron chi connectivity index (χ1n) is 10.9. The number of morpholine rings is 1. The maximum absolute atomic E-state index is 11.6. The molecule has 1 atom stereocenters. The summed E-state index contributed by atoms with van der Waals surface area (Å²) in [6, 6.07) is 11.8. The smallest absolute Gasteiger partial charge is 0.144 e. The molecular formula is C24H25N5O3S. The van der Waals surface area contributed by atoms with E-state index >= 15 is 0 Å². The molecule has 4 heterocycles. The molecule has 3 aromatic heterocycles. The third kappa shape index (κ3) is 4.09. The number of hydrogen-bond donors (Lipinski definition) is 2. The molecule has 8 nitrogen and oxygen atoms in total. The third-order valence-electron chi connectivity index (χ3n) is 6.04. The predicted molar refractivity (Wildman–Crippen MR) is 129 cm³/mol. The Kier molecular flexibility index (Phi) is 5.82. The minimum absolute atomic E-state index is 0.0177. The van der Waals surface area contributed by atoms with Crippen molar-refractivity contribution in [3.05, 3.63) is 59.9 Å². The zero-order valence-electron chi connectivity index (χ0n) is 18.5. The van der Waals surface area contributed by atoms with Crippen LogP contribution in [0, 0.1) is 6.92 Å². The number of aryl methyl sites for hydroxylation is 1. The minimum atomic E-state index is -2.57. The zero-order chi connectivity index (χ0) is 22.9. The summed E-state index contributed by atoms with van der Waals surface area (Å²) in [4.78, 5) is 12.0. The van der Waals surface area contributed by atoms with E-state index in [2.05, 4.69) is 33.1 Å². The zero-order valence-corrected chi connectivity index (χ0v) is 19.4. The Labute approximate surface area is 193 Å². The van der Waals surface area contributed by atoms with Crippen molar-refractivity contribution in [3.63, 3.8) is 0 Å². The van der Waals surface area contributed by atoms with Gasteiger partial charge in [-0.2, -0.15) is 5.10 Å². The summed E-state index contributed by atoms with van der Waals surface area (Å²) in [6.45, 7) is 6.11. The SMILES string of the molecule is Cc1cnc(-c2ccn[nH]2)c2nc(N3CCOC[C@H]3C)cc(-c3ccccc3C[SH](=O)=O)c12. The number of H-pyrrole nitrogens is 1. The number of nitrogens with zero attached hydrogens (tertiary/aromatic N) is 4. The van der Waals surface area contributed by atoms with Gasteiger partial charge in [0.2, 0.25) is 0 Å². The van der Waals surface area contributed by atoms with Crippen LogP contribution in [-0.4, -0.2) is 54.4 Å². The Morgan fingerprint density at radius 2 is 2.06 bits per heavy atom. The number of aromatic nitrogens is 4. The fraction of sp³-hybridized carbons (Fsp3) is 0.292. The largest absolute Gasteiger partial charge is 0.377 e. The van der Waals surface area contributed by atoms with Gasteiger partial charge in [-0.15, -0.1) is 0 Å². The minimum Gasteiger partial charge on any atom is -0.377 e. The predicted octanol–water partition coefficient (Wildman–Crippen LogP) is 3.33. The monoisotopic (exact) mass is 463 g/mol. The van der Waals surface area contributed by atoms with Crippen LogP contribution in [0.5, 0.6) is 0 Å². The number of nitrogens with one attached hydrogen (secondary N) is 1. The van der Waals surface area contributed by atoms with E-state index in [0.29, 0.717) is 18.9 Å². The summed E-state index contributed by atoms with van der Waals surface area (Å²) in [6.07, 6.45) is 3.52. The van der Waals surface area contributed by atoms with Gasteiger partial charge in [0, 0.05) is 24.3 Å². The van der Waals surface area contributed by atoms with Gasteiger partial charge in [0.25, 0.3) is 0 Å². The van der Waals surface area contributed by atoms with Crippen LogP contribution >= 0.6 is 0 Å². The lowest BCUT2D eigenvalue weighted by Crippen LogP contribution is -2.44. The van der Waals surface area contributed by atoms with E-state index in [1.165, 1.54) is 0 Å². The van der Waals surface area contributed by atoms with E-state index in [1.54, 1.807) is 6.20 Å². The van der Waals surface area contributed by atoms with E-state index in [4.69, 9.17) is 9.72 Å². The van der Waals surface area contributed by atoms with Crippen LogP contribution in [0.25, 0.3) is 33.4 Å². The highest BCUT2D eigenvalue weighted by atomic mass is 32.2. The van der Waals surface area contributed by atoms with Crippen LogP contribution in [0.3, 0.4) is 0 Å². The van der Waals surface area contributed by atoms with Crippen LogP contribution in [0.2, 0.25) is 0 Å². The lowest BCUT2D eigenvalue weighted by Gasteiger charge is -2.35. The van der Waals surface area contributed by atoms with Crippen molar-refractivity contribution in [1.29, 1.82) is 0 Å². The lowest BCUT2D eigenvalue weighted by atomic mass is 9.94. The van der Waals surface area contributed by atoms with Crippen molar-refractivity contribution in [1.82, 2.24) is 20.2 Å². The van der Waals surface area contributed by atoms with Crippen molar-refractivity contribution in [3.8, 4) is 22.5 Å². The molecule has 9 heteroatoms. The third-order valence-corrected chi connectivity index (χ3v) is 6.64. The highest BCUT2D eigenvalue weighted by Gasteiger charge is 2.24. The Hall–Kier alpha value is -3.30. The van der Waals surface area contributed by atoms with Crippen LogP contribution in [0.15, 0.2) is 48.8 Å². The number of thiol groups is 1. The van der Waals surface area contributed by atoms with E-state index in [-0.39, 0.29) is 11.8 Å². The van der Waals surface area contributed by atoms with E-state index in [0.717, 1.165) is 51.2 Å². The molecular weight excluding hydrogens is 438 g/mol. The molecule has 0 spiro atoms. The number of ether oxygens (including phenoxy) is 1. The molecule has 170 valence electrons. The molecule has 0 bridgehead atoms. The lowest BCUT2D eigenvalue weighted by molar-refractivity contribution is 0.0986. The van der Waals surface area contributed by atoms with Crippen LogP contribution in [-0.2, 0) is 21.2 Å². The standard InChI is InChI=1S/C24H25N5O3S/c1-15-12-25-23(20-7-8-26-28-20)24-22(15)19(18-6-4-3-5-17(18)14-33(30)31)11-21(27-24)29-9-10-32-13-16(29)2/h3-8,11-12,16,33H,9-10,13-14H2,1-2H3,(H,26,28)/t16-/m1/s1. The molecule has 1 fully saturated rings. The van der Waals surface area contributed by atoms with Crippen molar-refractivity contribution in [2.45, 2.75) is 25.6 Å². The number of anilines is 1. The van der Waals surface area contributed by atoms with Gasteiger partial charge >= 0.3 is 0 Å². The second-order valence-electron chi connectivity index (χ2n) is 8.28. The summed E-state index contributed by atoms with van der Waals surface area (Å²) in [5, 5.41) is 8.05. The van der Waals surface area contributed by atoms with E-state index < -0.39 is 10.7 Å². The molecule has 0 saturated carbocycles. The number of aromatic amines is 1. The van der Waals surface area contributed by atoms with Crippen molar-refractivity contribution in [2.75, 3.05) is 24.7 Å². The van der Waals surface area contributed by atoms with Gasteiger partial charge in [-0.25, -0.2) is 13.4 Å². The molecule has 1 aromatic carbocycles. The summed E-state index contributed by atoms with van der Waals surface area (Å²) in [5.74, 6) is 0.804. The highest BCUT2D eigenvalue weighted by molar-refractivity contribution is 7.71. The normalized spacial score (nSPS) is 16.6. The number of fused-ring (bicyclic) bond motifs is 1. The molecule has 0 unspecified atom stereocenters. The second-order valence-corrected chi connectivity index (χ2v) is 9.26. The molecule has 5 rings (SSSR count). The fourth-order valence-corrected chi connectivity index (χ4v) is 5.02. The first-order chi connectivity index (χ1) is 16.0. The average molecular weight is 464 g/mol. The van der Waals surface area contributed by atoms with Crippen LogP contribution < -0.4 is 4.90 Å². The van der Waals surface area contributed by atoms with Crippen molar-refractivity contribution < 1.29 is 13.2 Å². The Morgan fingerprint density at radius 3 is 2.82 bits per heavy atom. The maximum atomic E-state index is 11.6. The van der Waals surface area contributed by atoms with Gasteiger partial charge in [0.1, 0.15) is 27.7 Å². The molecule has 1 aliphatic heterocycles. The number of hydrogen-bond acceptors (Lipinski definition) is 7. The van der Waals surface area contributed by atoms with Crippen LogP contribution in [0.1, 0.15) is 18.1 Å². The molecule has 1 aliphatic rings. The summed E-state index contributed by atoms with van der Waals surface area (Å²) < 4.78 is 28.9. The Bertz CT molecular complexity index is 1380. The van der Waals surface area contributed by atoms with Crippen molar-refractivity contribution in [2.24, 2.45) is 0 Å². The number of pyridine rings is 2. The summed E-state index contributed by atoms with van der Waals surface area (Å²) in [7, 11) is -2.57. The summed E-state index contributed by atoms with van der Waals surface area (Å²) >= 11 is 0. The van der Waals surface area contributed by atoms with E-state index in [1.807, 2.05) is 43.5 Å². The summed E-state index contributed by atoms with van der Waals surface area (Å²) in [5.41, 5.74) is 5.82. The Balaban J connectivity index is 1.84. The molecule has 1 N–H and O–H groups in total. The van der Waals surface area contributed by atoms with Gasteiger partial charge in [-0.1, -0.05) is 24.3 Å². The van der Waals surface area contributed by atoms with Crippen molar-refractivity contribution >= 4 is 27.4 Å². The molecule has 33 heavy (non-hydrogen) atoms. The van der Waals surface area contributed by atoms with E-state index in [9.17, 15) is 8.42 Å². The number of benzene rings is 1. The first-order valence-corrected chi connectivity index (χ1v) is 12.2. The molecule has 0 radical (unpaired) electrons. The molecule has 0 aliphatic carbocycles. The van der Waals surface area contributed by atoms with Gasteiger partial charge in [0.15, 0.2) is 0 Å². The van der Waals surface area contributed by atoms with Gasteiger partial charge in [0.05, 0.1) is 30.7 Å². The molecule has 4 aromatic rings. The molecule has 0 amide bonds. The topological polar surface area (TPSA) is 101 Å². The van der Waals surface area contributed by atoms with Crippen LogP contribution in [0.4, 0.5) is 5.82 Å². The Morgan fingerprint density at radius 1 is 1.21 bits per heavy atom. The highest BCUT2D eigenvalue weighted by Crippen LogP contribution is 2.38. The fourth-order valence-electron chi connectivity index (χ4n) is 4.46. The maximum Gasteiger partial charge on any atom is 0.144 e. The quantitative estimate of drug-likeness (QED) is 0.438. The second kappa shape index (κ2) is 8.92. The first kappa shape index (κ1) is 21.5.